The molecular formula is C14H10Cl2O2S. The van der Waals surface area contributed by atoms with Gasteiger partial charge in [-0.05, 0) is 30.0 Å². The monoisotopic (exact) mass is 312 g/mol. The molecular weight excluding hydrogens is 303 g/mol. The summed E-state index contributed by atoms with van der Waals surface area (Å²) in [7, 11) is 0. The first-order chi connectivity index (χ1) is 9.08. The molecule has 1 atom stereocenters. The van der Waals surface area contributed by atoms with Crippen LogP contribution in [0.3, 0.4) is 0 Å². The molecule has 2 nitrogen and oxygen atoms in total. The Balaban J connectivity index is 2.09. The van der Waals surface area contributed by atoms with E-state index in [-0.39, 0.29) is 0 Å². The van der Waals surface area contributed by atoms with Crippen LogP contribution in [0, 0.1) is 6.92 Å². The van der Waals surface area contributed by atoms with Gasteiger partial charge in [0.2, 0.25) is 0 Å². The van der Waals surface area contributed by atoms with E-state index in [9.17, 15) is 5.11 Å². The number of thiophene rings is 1. The van der Waals surface area contributed by atoms with Crippen LogP contribution in [0.1, 0.15) is 22.3 Å². The molecule has 0 radical (unpaired) electrons. The van der Waals surface area contributed by atoms with Crippen LogP contribution < -0.4 is 0 Å². The van der Waals surface area contributed by atoms with Gasteiger partial charge >= 0.3 is 0 Å². The Bertz CT molecular complexity index is 745. The van der Waals surface area contributed by atoms with Gasteiger partial charge in [-0.25, -0.2) is 0 Å². The first-order valence-electron chi connectivity index (χ1n) is 5.67. The van der Waals surface area contributed by atoms with Gasteiger partial charge < -0.3 is 9.52 Å². The molecule has 0 aliphatic carbocycles. The highest BCUT2D eigenvalue weighted by molar-refractivity contribution is 7.10. The zero-order chi connectivity index (χ0) is 13.6. The zero-order valence-electron chi connectivity index (χ0n) is 9.98. The van der Waals surface area contributed by atoms with Crippen LogP contribution in [0.15, 0.2) is 34.1 Å². The Morgan fingerprint density at radius 1 is 1.32 bits per heavy atom. The molecule has 0 saturated heterocycles. The third-order valence-electron chi connectivity index (χ3n) is 2.96. The Morgan fingerprint density at radius 3 is 2.74 bits per heavy atom. The molecule has 19 heavy (non-hydrogen) atoms. The summed E-state index contributed by atoms with van der Waals surface area (Å²) >= 11 is 13.6. The minimum absolute atomic E-state index is 0.451. The van der Waals surface area contributed by atoms with Crippen LogP contribution >= 0.6 is 34.5 Å². The van der Waals surface area contributed by atoms with Crippen molar-refractivity contribution in [3.63, 3.8) is 0 Å². The molecule has 0 amide bonds. The smallest absolute Gasteiger partial charge is 0.153 e. The third kappa shape index (κ3) is 2.17. The summed E-state index contributed by atoms with van der Waals surface area (Å²) in [4.78, 5) is 0.689. The van der Waals surface area contributed by atoms with Crippen molar-refractivity contribution in [3.05, 3.63) is 55.9 Å². The number of aliphatic hydroxyl groups excluding tert-OH is 1. The van der Waals surface area contributed by atoms with Gasteiger partial charge in [0.05, 0.1) is 14.9 Å². The quantitative estimate of drug-likeness (QED) is 0.706. The van der Waals surface area contributed by atoms with Crippen LogP contribution in [0.4, 0.5) is 0 Å². The molecule has 0 fully saturated rings. The van der Waals surface area contributed by atoms with Gasteiger partial charge in [0, 0.05) is 5.39 Å². The normalized spacial score (nSPS) is 13.1. The number of benzene rings is 1. The number of aliphatic hydroxyl groups is 1. The van der Waals surface area contributed by atoms with E-state index in [0.717, 1.165) is 10.9 Å². The van der Waals surface area contributed by atoms with Gasteiger partial charge in [-0.3, -0.25) is 0 Å². The Kier molecular flexibility index (Phi) is 3.31. The maximum Gasteiger partial charge on any atom is 0.153 e. The second-order valence-electron chi connectivity index (χ2n) is 4.31. The SMILES string of the molecule is Cc1csc(C(O)c2cc3cccc(Cl)c3o2)c1Cl. The lowest BCUT2D eigenvalue weighted by Crippen LogP contribution is -1.95. The third-order valence-corrected chi connectivity index (χ3v) is 5.02. The second-order valence-corrected chi connectivity index (χ2v) is 6.00. The largest absolute Gasteiger partial charge is 0.456 e. The van der Waals surface area contributed by atoms with Crippen molar-refractivity contribution in [2.75, 3.05) is 0 Å². The fraction of sp³-hybridized carbons (Fsp3) is 0.143. The van der Waals surface area contributed by atoms with Crippen molar-refractivity contribution >= 4 is 45.5 Å². The zero-order valence-corrected chi connectivity index (χ0v) is 12.3. The van der Waals surface area contributed by atoms with Crippen LogP contribution in [0.5, 0.6) is 0 Å². The minimum Gasteiger partial charge on any atom is -0.456 e. The van der Waals surface area contributed by atoms with Crippen molar-refractivity contribution in [3.8, 4) is 0 Å². The number of furan rings is 1. The predicted molar refractivity (Wildman–Crippen MR) is 79.4 cm³/mol. The molecule has 0 aliphatic rings. The number of rotatable bonds is 2. The summed E-state index contributed by atoms with van der Waals surface area (Å²) in [6, 6.07) is 7.28. The molecule has 2 heterocycles. The lowest BCUT2D eigenvalue weighted by Gasteiger charge is -2.05. The first-order valence-corrected chi connectivity index (χ1v) is 7.31. The fourth-order valence-corrected chi connectivity index (χ4v) is 3.45. The van der Waals surface area contributed by atoms with Crippen LogP contribution in [-0.4, -0.2) is 5.11 Å². The topological polar surface area (TPSA) is 33.4 Å². The van der Waals surface area contributed by atoms with Gasteiger partial charge in [-0.1, -0.05) is 35.3 Å². The van der Waals surface area contributed by atoms with Gasteiger partial charge in [0.1, 0.15) is 11.9 Å². The highest BCUT2D eigenvalue weighted by Crippen LogP contribution is 2.38. The number of halogens is 2. The van der Waals surface area contributed by atoms with E-state index in [1.54, 1.807) is 12.1 Å². The number of aryl methyl sites for hydroxylation is 1. The van der Waals surface area contributed by atoms with Crippen molar-refractivity contribution < 1.29 is 9.52 Å². The molecule has 5 heteroatoms. The molecule has 2 aromatic heterocycles. The average molecular weight is 313 g/mol. The molecule has 3 rings (SSSR count). The van der Waals surface area contributed by atoms with Crippen molar-refractivity contribution in [1.29, 1.82) is 0 Å². The molecule has 0 saturated carbocycles. The fourth-order valence-electron chi connectivity index (χ4n) is 1.95. The first kappa shape index (κ1) is 13.0. The summed E-state index contributed by atoms with van der Waals surface area (Å²) in [5.41, 5.74) is 1.54. The Hall–Kier alpha value is -1.00. The molecule has 0 bridgehead atoms. The highest BCUT2D eigenvalue weighted by Gasteiger charge is 2.21. The molecule has 1 unspecified atom stereocenters. The number of para-hydroxylation sites is 1. The van der Waals surface area contributed by atoms with Gasteiger partial charge in [-0.2, -0.15) is 0 Å². The second kappa shape index (κ2) is 4.84. The van der Waals surface area contributed by atoms with E-state index in [0.29, 0.717) is 26.3 Å². The Labute approximate surface area is 124 Å². The van der Waals surface area contributed by atoms with E-state index >= 15 is 0 Å². The summed E-state index contributed by atoms with van der Waals surface area (Å²) in [5, 5.41) is 14.3. The number of fused-ring (bicyclic) bond motifs is 1. The van der Waals surface area contributed by atoms with E-state index in [1.165, 1.54) is 11.3 Å². The Morgan fingerprint density at radius 2 is 2.11 bits per heavy atom. The summed E-state index contributed by atoms with van der Waals surface area (Å²) in [6.07, 6.45) is -0.866. The van der Waals surface area contributed by atoms with E-state index in [1.807, 2.05) is 24.4 Å². The van der Waals surface area contributed by atoms with E-state index < -0.39 is 6.10 Å². The standard InChI is InChI=1S/C14H10Cl2O2S/c1-7-6-19-14(11(7)16)12(17)10-5-8-3-2-4-9(15)13(8)18-10/h2-6,12,17H,1H3. The lowest BCUT2D eigenvalue weighted by molar-refractivity contribution is 0.196. The minimum atomic E-state index is -0.866. The van der Waals surface area contributed by atoms with Gasteiger partial charge in [0.15, 0.2) is 5.58 Å². The maximum atomic E-state index is 10.4. The predicted octanol–water partition coefficient (Wildman–Crippen LogP) is 5.19. The molecule has 3 aromatic rings. The maximum absolute atomic E-state index is 10.4. The molecule has 0 spiro atoms. The van der Waals surface area contributed by atoms with Crippen LogP contribution in [-0.2, 0) is 0 Å². The van der Waals surface area contributed by atoms with Crippen LogP contribution in [0.25, 0.3) is 11.0 Å². The number of hydrogen-bond acceptors (Lipinski definition) is 3. The highest BCUT2D eigenvalue weighted by atomic mass is 35.5. The molecule has 1 aromatic carbocycles. The van der Waals surface area contributed by atoms with Crippen molar-refractivity contribution in [1.82, 2.24) is 0 Å². The lowest BCUT2D eigenvalue weighted by atomic mass is 10.2. The number of hydrogen-bond donors (Lipinski definition) is 1. The van der Waals surface area contributed by atoms with Crippen molar-refractivity contribution in [2.24, 2.45) is 0 Å². The molecule has 98 valence electrons. The van der Waals surface area contributed by atoms with E-state index in [2.05, 4.69) is 0 Å². The molecule has 0 aliphatic heterocycles. The van der Waals surface area contributed by atoms with Crippen LogP contribution in [0.2, 0.25) is 10.0 Å². The summed E-state index contributed by atoms with van der Waals surface area (Å²) in [6.45, 7) is 1.91. The molecule has 1 N–H and O–H groups in total. The van der Waals surface area contributed by atoms with Crippen molar-refractivity contribution in [2.45, 2.75) is 13.0 Å². The van der Waals surface area contributed by atoms with Gasteiger partial charge in [0.25, 0.3) is 0 Å². The van der Waals surface area contributed by atoms with E-state index in [4.69, 9.17) is 27.6 Å². The summed E-state index contributed by atoms with van der Waals surface area (Å²) < 4.78 is 5.65. The summed E-state index contributed by atoms with van der Waals surface area (Å²) in [5.74, 6) is 0.451. The average Bonchev–Trinajstić information content (AvgIpc) is 2.95. The van der Waals surface area contributed by atoms with Gasteiger partial charge in [-0.15, -0.1) is 11.3 Å².